The molecule has 58 heavy (non-hydrogen) atoms. The van der Waals surface area contributed by atoms with Crippen molar-refractivity contribution in [2.24, 2.45) is 0 Å². The topological polar surface area (TPSA) is 154 Å². The van der Waals surface area contributed by atoms with Crippen LogP contribution in [0.4, 0.5) is 0 Å². The van der Waals surface area contributed by atoms with Gasteiger partial charge >= 0.3 is 11.9 Å². The number of nitrogens with one attached hydrogen (secondary N) is 1. The van der Waals surface area contributed by atoms with Gasteiger partial charge in [0.15, 0.2) is 5.69 Å². The highest BCUT2D eigenvalue weighted by molar-refractivity contribution is 7.90. The first-order valence-corrected chi connectivity index (χ1v) is 20.6. The number of esters is 2. The maximum absolute atomic E-state index is 14.8. The van der Waals surface area contributed by atoms with E-state index in [1.54, 1.807) is 65.0 Å². The summed E-state index contributed by atoms with van der Waals surface area (Å²) >= 11 is 0. The van der Waals surface area contributed by atoms with Crippen LogP contribution in [0.1, 0.15) is 85.1 Å². The number of carbonyl (C=O) groups is 4. The first kappa shape index (κ1) is 39.6. The van der Waals surface area contributed by atoms with Gasteiger partial charge in [-0.05, 0) is 102 Å². The number of fused-ring (bicyclic) bond motifs is 2. The molecule has 7 rings (SSSR count). The molecule has 0 fully saturated rings. The van der Waals surface area contributed by atoms with Crippen LogP contribution in [0.5, 0.6) is 0 Å². The Hall–Kier alpha value is -6.60. The number of carbonyl (C=O) groups excluding carboxylic acids is 4. The molecule has 0 unspecified atom stereocenters. The van der Waals surface area contributed by atoms with Crippen molar-refractivity contribution >= 4 is 44.5 Å². The fraction of sp³-hybridized carbons (Fsp3) is 0.222. The number of sulfonamides is 1. The summed E-state index contributed by atoms with van der Waals surface area (Å²) in [5.41, 5.74) is 4.22. The molecule has 0 saturated heterocycles. The number of hydrogen-bond donors (Lipinski definition) is 1. The highest BCUT2D eigenvalue weighted by Gasteiger charge is 2.32. The Morgan fingerprint density at radius 2 is 1.50 bits per heavy atom. The molecule has 0 bridgehead atoms. The SMILES string of the molecule is CCCCc1c(-c2ccc(C(=O)NS(=O)(=O)c3ccc4ccccc4c3)cc2C(=O)N2CCc3ccccc3C2)c(C(=O)OCC)nn1-c1ccc(C(=O)OC)cc1. The zero-order chi connectivity index (χ0) is 41.0. The molecule has 0 atom stereocenters. The van der Waals surface area contributed by atoms with E-state index in [1.165, 1.54) is 31.4 Å². The summed E-state index contributed by atoms with van der Waals surface area (Å²) in [5.74, 6) is -2.57. The Morgan fingerprint density at radius 3 is 2.22 bits per heavy atom. The van der Waals surface area contributed by atoms with E-state index in [-0.39, 0.29) is 28.3 Å². The Balaban J connectivity index is 1.37. The number of amides is 2. The van der Waals surface area contributed by atoms with E-state index in [1.807, 2.05) is 43.3 Å². The van der Waals surface area contributed by atoms with Crippen LogP contribution in [0, 0.1) is 0 Å². The minimum absolute atomic E-state index is 0.0425. The first-order chi connectivity index (χ1) is 28.0. The van der Waals surface area contributed by atoms with Crippen molar-refractivity contribution in [2.75, 3.05) is 20.3 Å². The van der Waals surface area contributed by atoms with Gasteiger partial charge in [-0.1, -0.05) is 74.0 Å². The number of rotatable bonds is 12. The van der Waals surface area contributed by atoms with Gasteiger partial charge in [-0.3, -0.25) is 9.59 Å². The largest absolute Gasteiger partial charge is 0.465 e. The highest BCUT2D eigenvalue weighted by atomic mass is 32.2. The van der Waals surface area contributed by atoms with Crippen LogP contribution in [0.3, 0.4) is 0 Å². The number of hydrogen-bond acceptors (Lipinski definition) is 9. The van der Waals surface area contributed by atoms with Crippen LogP contribution in [0.2, 0.25) is 0 Å². The molecule has 1 aliphatic rings. The molecular formula is C45H42N4O8S. The monoisotopic (exact) mass is 798 g/mol. The summed E-state index contributed by atoms with van der Waals surface area (Å²) in [6.07, 6.45) is 2.54. The lowest BCUT2D eigenvalue weighted by molar-refractivity contribution is 0.0518. The van der Waals surface area contributed by atoms with E-state index in [4.69, 9.17) is 14.6 Å². The van der Waals surface area contributed by atoms with Gasteiger partial charge in [-0.15, -0.1) is 0 Å². The van der Waals surface area contributed by atoms with Crippen LogP contribution in [-0.4, -0.2) is 67.1 Å². The second-order valence-corrected chi connectivity index (χ2v) is 15.6. The molecule has 1 aromatic heterocycles. The maximum Gasteiger partial charge on any atom is 0.359 e. The first-order valence-electron chi connectivity index (χ1n) is 19.1. The molecule has 13 heteroatoms. The molecule has 6 aromatic rings. The van der Waals surface area contributed by atoms with Gasteiger partial charge in [-0.2, -0.15) is 5.10 Å². The quantitative estimate of drug-likeness (QED) is 0.126. The molecular weight excluding hydrogens is 757 g/mol. The fourth-order valence-corrected chi connectivity index (χ4v) is 8.23. The van der Waals surface area contributed by atoms with E-state index in [2.05, 4.69) is 4.72 Å². The predicted octanol–water partition coefficient (Wildman–Crippen LogP) is 7.32. The van der Waals surface area contributed by atoms with Crippen LogP contribution in [0.15, 0.2) is 114 Å². The molecule has 12 nitrogen and oxygen atoms in total. The molecule has 296 valence electrons. The number of aromatic nitrogens is 2. The fourth-order valence-electron chi connectivity index (χ4n) is 7.22. The van der Waals surface area contributed by atoms with Crippen molar-refractivity contribution < 1.29 is 37.1 Å². The van der Waals surface area contributed by atoms with E-state index in [9.17, 15) is 27.6 Å². The number of methoxy groups -OCH3 is 1. The van der Waals surface area contributed by atoms with E-state index >= 15 is 0 Å². The van der Waals surface area contributed by atoms with Crippen molar-refractivity contribution in [1.82, 2.24) is 19.4 Å². The summed E-state index contributed by atoms with van der Waals surface area (Å²) in [4.78, 5) is 56.3. The zero-order valence-corrected chi connectivity index (χ0v) is 33.2. The average Bonchev–Trinajstić information content (AvgIpc) is 3.63. The van der Waals surface area contributed by atoms with Gasteiger partial charge in [0, 0.05) is 29.8 Å². The van der Waals surface area contributed by atoms with Crippen molar-refractivity contribution in [3.05, 3.63) is 148 Å². The molecule has 2 heterocycles. The minimum atomic E-state index is -4.33. The van der Waals surface area contributed by atoms with Gasteiger partial charge in [-0.25, -0.2) is 27.4 Å². The van der Waals surface area contributed by atoms with Crippen molar-refractivity contribution in [1.29, 1.82) is 0 Å². The van der Waals surface area contributed by atoms with Crippen molar-refractivity contribution in [3.8, 4) is 16.8 Å². The molecule has 2 amide bonds. The summed E-state index contributed by atoms with van der Waals surface area (Å²) in [7, 11) is -3.03. The number of benzene rings is 5. The van der Waals surface area contributed by atoms with Gasteiger partial charge < -0.3 is 14.4 Å². The molecule has 0 radical (unpaired) electrons. The minimum Gasteiger partial charge on any atom is -0.465 e. The molecule has 0 saturated carbocycles. The molecule has 0 aliphatic carbocycles. The summed E-state index contributed by atoms with van der Waals surface area (Å²) in [5, 5.41) is 6.30. The number of unbranched alkanes of at least 4 members (excludes halogenated alkanes) is 1. The Kier molecular flexibility index (Phi) is 11.5. The summed E-state index contributed by atoms with van der Waals surface area (Å²) in [6, 6.07) is 30.7. The number of ether oxygens (including phenoxy) is 2. The maximum atomic E-state index is 14.8. The van der Waals surface area contributed by atoms with Gasteiger partial charge in [0.25, 0.3) is 21.8 Å². The van der Waals surface area contributed by atoms with E-state index in [0.717, 1.165) is 22.9 Å². The second-order valence-electron chi connectivity index (χ2n) is 13.9. The van der Waals surface area contributed by atoms with Crippen molar-refractivity contribution in [2.45, 2.75) is 51.0 Å². The lowest BCUT2D eigenvalue weighted by Crippen LogP contribution is -2.36. The summed E-state index contributed by atoms with van der Waals surface area (Å²) < 4.78 is 41.3. The molecule has 5 aromatic carbocycles. The third kappa shape index (κ3) is 7.98. The van der Waals surface area contributed by atoms with Gasteiger partial charge in [0.05, 0.1) is 35.6 Å². The zero-order valence-electron chi connectivity index (χ0n) is 32.4. The Morgan fingerprint density at radius 1 is 0.793 bits per heavy atom. The van der Waals surface area contributed by atoms with Crippen LogP contribution >= 0.6 is 0 Å². The second kappa shape index (κ2) is 16.9. The van der Waals surface area contributed by atoms with Gasteiger partial charge in [0.2, 0.25) is 0 Å². The molecule has 0 spiro atoms. The van der Waals surface area contributed by atoms with Crippen LogP contribution in [-0.2, 0) is 38.9 Å². The normalized spacial score (nSPS) is 12.5. The van der Waals surface area contributed by atoms with E-state index < -0.39 is 33.8 Å². The molecule has 1 aliphatic heterocycles. The van der Waals surface area contributed by atoms with Crippen LogP contribution < -0.4 is 4.72 Å². The lowest BCUT2D eigenvalue weighted by Gasteiger charge is -2.29. The van der Waals surface area contributed by atoms with Crippen LogP contribution in [0.25, 0.3) is 27.6 Å². The average molecular weight is 799 g/mol. The summed E-state index contributed by atoms with van der Waals surface area (Å²) in [6.45, 7) is 4.47. The number of nitrogens with zero attached hydrogens (tertiary/aromatic N) is 3. The Bertz CT molecular complexity index is 2670. The highest BCUT2D eigenvalue weighted by Crippen LogP contribution is 2.36. The lowest BCUT2D eigenvalue weighted by atomic mass is 9.92. The van der Waals surface area contributed by atoms with E-state index in [0.29, 0.717) is 65.8 Å². The standard InChI is InChI=1S/C45H42N4O8S/c1-4-6-15-39-40(41(45(53)57-5-2)46-49(39)35-20-16-31(17-21-35)44(52)56-3)37-23-19-33(27-38(37)43(51)48-25-24-30-12-8-10-14-34(30)28-48)42(50)47-58(54,55)36-22-18-29-11-7-9-13-32(29)26-36/h7-14,16-23,26-27H,4-6,15,24-25,28H2,1-3H3,(H,47,50). The van der Waals surface area contributed by atoms with Crippen molar-refractivity contribution in [3.63, 3.8) is 0 Å². The third-order valence-electron chi connectivity index (χ3n) is 10.2. The smallest absolute Gasteiger partial charge is 0.359 e. The third-order valence-corrected chi connectivity index (χ3v) is 11.5. The van der Waals surface area contributed by atoms with Gasteiger partial charge in [0.1, 0.15) is 0 Å². The molecule has 1 N–H and O–H groups in total. The Labute approximate surface area is 336 Å². The predicted molar refractivity (Wildman–Crippen MR) is 218 cm³/mol.